The average molecular weight is 202 g/mol. The lowest BCUT2D eigenvalue weighted by molar-refractivity contribution is 0.159. The van der Waals surface area contributed by atoms with E-state index < -0.39 is 0 Å². The van der Waals surface area contributed by atoms with Crippen molar-refractivity contribution < 1.29 is 4.74 Å². The van der Waals surface area contributed by atoms with E-state index in [1.807, 2.05) is 0 Å². The number of nitrogens with two attached hydrogens (primary N) is 1. The fraction of sp³-hybridized carbons (Fsp3) is 1.00. The van der Waals surface area contributed by atoms with Crippen LogP contribution in [-0.2, 0) is 4.74 Å². The monoisotopic (exact) mass is 202 g/mol. The van der Waals surface area contributed by atoms with Crippen LogP contribution in [0.3, 0.4) is 0 Å². The van der Waals surface area contributed by atoms with Crippen LogP contribution in [0, 0.1) is 0 Å². The lowest BCUT2D eigenvalue weighted by atomic mass is 10.2. The second-order valence-electron chi connectivity index (χ2n) is 4.13. The summed E-state index contributed by atoms with van der Waals surface area (Å²) < 4.78 is 5.01. The molecule has 14 heavy (non-hydrogen) atoms. The molecule has 0 fully saturated rings. The van der Waals surface area contributed by atoms with Gasteiger partial charge in [-0.1, -0.05) is 6.92 Å². The molecule has 3 heteroatoms. The van der Waals surface area contributed by atoms with Crippen molar-refractivity contribution in [2.45, 2.75) is 45.7 Å². The van der Waals surface area contributed by atoms with Gasteiger partial charge in [-0.15, -0.1) is 0 Å². The Morgan fingerprint density at radius 1 is 1.29 bits per heavy atom. The highest BCUT2D eigenvalue weighted by molar-refractivity contribution is 4.67. The van der Waals surface area contributed by atoms with E-state index in [2.05, 4.69) is 25.7 Å². The van der Waals surface area contributed by atoms with Gasteiger partial charge in [0.25, 0.3) is 0 Å². The minimum absolute atomic E-state index is 0.179. The first-order chi connectivity index (χ1) is 6.61. The van der Waals surface area contributed by atoms with E-state index in [0.29, 0.717) is 12.6 Å². The highest BCUT2D eigenvalue weighted by atomic mass is 16.5. The molecule has 0 saturated heterocycles. The van der Waals surface area contributed by atoms with Gasteiger partial charge in [-0.3, -0.25) is 0 Å². The van der Waals surface area contributed by atoms with Crippen molar-refractivity contribution in [3.8, 4) is 0 Å². The molecule has 0 unspecified atom stereocenters. The second-order valence-corrected chi connectivity index (χ2v) is 4.13. The van der Waals surface area contributed by atoms with Crippen molar-refractivity contribution in [1.82, 2.24) is 4.90 Å². The minimum Gasteiger partial charge on any atom is -0.383 e. The predicted molar refractivity (Wildman–Crippen MR) is 61.5 cm³/mol. The summed E-state index contributed by atoms with van der Waals surface area (Å²) >= 11 is 0. The molecule has 0 radical (unpaired) electrons. The van der Waals surface area contributed by atoms with Gasteiger partial charge < -0.3 is 15.4 Å². The number of ether oxygens (including phenoxy) is 1. The van der Waals surface area contributed by atoms with Gasteiger partial charge in [-0.25, -0.2) is 0 Å². The first-order valence-electron chi connectivity index (χ1n) is 5.60. The van der Waals surface area contributed by atoms with Crippen LogP contribution in [0.5, 0.6) is 0 Å². The summed E-state index contributed by atoms with van der Waals surface area (Å²) in [5, 5.41) is 0. The van der Waals surface area contributed by atoms with E-state index in [9.17, 15) is 0 Å². The standard InChI is InChI=1S/C11H26N2O/c1-5-7-13(10(2)3)8-6-11(12)9-14-4/h10-11H,5-9,12H2,1-4H3/t11-/m0/s1. The maximum absolute atomic E-state index is 5.88. The summed E-state index contributed by atoms with van der Waals surface area (Å²) in [4.78, 5) is 2.47. The van der Waals surface area contributed by atoms with E-state index in [1.54, 1.807) is 7.11 Å². The normalized spacial score (nSPS) is 13.9. The average Bonchev–Trinajstić information content (AvgIpc) is 2.12. The molecule has 0 heterocycles. The quantitative estimate of drug-likeness (QED) is 0.648. The van der Waals surface area contributed by atoms with E-state index >= 15 is 0 Å². The van der Waals surface area contributed by atoms with Crippen molar-refractivity contribution in [1.29, 1.82) is 0 Å². The first kappa shape index (κ1) is 13.9. The molecule has 0 bridgehead atoms. The van der Waals surface area contributed by atoms with Crippen LogP contribution in [0.15, 0.2) is 0 Å². The molecule has 3 nitrogen and oxygen atoms in total. The summed E-state index contributed by atoms with van der Waals surface area (Å²) in [7, 11) is 1.70. The summed E-state index contributed by atoms with van der Waals surface area (Å²) in [6.45, 7) is 9.59. The Kier molecular flexibility index (Phi) is 8.14. The number of methoxy groups -OCH3 is 1. The Hall–Kier alpha value is -0.120. The summed E-state index contributed by atoms with van der Waals surface area (Å²) in [5.41, 5.74) is 5.88. The summed E-state index contributed by atoms with van der Waals surface area (Å²) in [6.07, 6.45) is 2.23. The SMILES string of the molecule is CCCN(CC[C@H](N)COC)C(C)C. The second kappa shape index (κ2) is 8.21. The van der Waals surface area contributed by atoms with Gasteiger partial charge in [0, 0.05) is 19.2 Å². The van der Waals surface area contributed by atoms with Gasteiger partial charge in [0.2, 0.25) is 0 Å². The van der Waals surface area contributed by atoms with Crippen LogP contribution in [0.4, 0.5) is 0 Å². The minimum atomic E-state index is 0.179. The molecule has 0 aromatic heterocycles. The van der Waals surface area contributed by atoms with Crippen molar-refractivity contribution in [2.75, 3.05) is 26.8 Å². The number of hydrogen-bond donors (Lipinski definition) is 1. The zero-order valence-electron chi connectivity index (χ0n) is 10.1. The van der Waals surface area contributed by atoms with Crippen LogP contribution >= 0.6 is 0 Å². The van der Waals surface area contributed by atoms with Crippen LogP contribution in [0.25, 0.3) is 0 Å². The fourth-order valence-corrected chi connectivity index (χ4v) is 1.54. The highest BCUT2D eigenvalue weighted by Crippen LogP contribution is 2.02. The van der Waals surface area contributed by atoms with Gasteiger partial charge in [0.05, 0.1) is 6.61 Å². The first-order valence-corrected chi connectivity index (χ1v) is 5.60. The molecule has 0 rings (SSSR count). The molecule has 0 amide bonds. The topological polar surface area (TPSA) is 38.5 Å². The predicted octanol–water partition coefficient (Wildman–Crippen LogP) is 1.47. The van der Waals surface area contributed by atoms with Crippen molar-refractivity contribution in [3.63, 3.8) is 0 Å². The lowest BCUT2D eigenvalue weighted by Crippen LogP contribution is -2.37. The molecule has 0 saturated carbocycles. The molecule has 2 N–H and O–H groups in total. The molecule has 1 atom stereocenters. The summed E-state index contributed by atoms with van der Waals surface area (Å²) in [6, 6.07) is 0.794. The molecule has 0 spiro atoms. The van der Waals surface area contributed by atoms with Crippen LogP contribution < -0.4 is 5.73 Å². The van der Waals surface area contributed by atoms with Crippen LogP contribution in [-0.4, -0.2) is 43.8 Å². The maximum atomic E-state index is 5.88. The third kappa shape index (κ3) is 6.35. The fourth-order valence-electron chi connectivity index (χ4n) is 1.54. The third-order valence-corrected chi connectivity index (χ3v) is 2.41. The zero-order valence-corrected chi connectivity index (χ0v) is 10.1. The number of rotatable bonds is 8. The van der Waals surface area contributed by atoms with Crippen LogP contribution in [0.1, 0.15) is 33.6 Å². The van der Waals surface area contributed by atoms with E-state index in [4.69, 9.17) is 10.5 Å². The molecule has 0 aliphatic rings. The van der Waals surface area contributed by atoms with Crippen LogP contribution in [0.2, 0.25) is 0 Å². The zero-order chi connectivity index (χ0) is 11.0. The number of hydrogen-bond acceptors (Lipinski definition) is 3. The van der Waals surface area contributed by atoms with E-state index in [0.717, 1.165) is 19.5 Å². The molecule has 0 aliphatic heterocycles. The molecule has 0 aromatic carbocycles. The third-order valence-electron chi connectivity index (χ3n) is 2.41. The number of nitrogens with zero attached hydrogens (tertiary/aromatic N) is 1. The molecule has 0 aromatic rings. The summed E-state index contributed by atoms with van der Waals surface area (Å²) in [5.74, 6) is 0. The van der Waals surface area contributed by atoms with Gasteiger partial charge in [-0.05, 0) is 39.8 Å². The molecular formula is C11H26N2O. The Balaban J connectivity index is 3.69. The van der Waals surface area contributed by atoms with Gasteiger partial charge in [-0.2, -0.15) is 0 Å². The van der Waals surface area contributed by atoms with Gasteiger partial charge >= 0.3 is 0 Å². The molecule has 0 aliphatic carbocycles. The highest BCUT2D eigenvalue weighted by Gasteiger charge is 2.10. The maximum Gasteiger partial charge on any atom is 0.0614 e. The van der Waals surface area contributed by atoms with Crippen molar-refractivity contribution in [3.05, 3.63) is 0 Å². The van der Waals surface area contributed by atoms with Crippen molar-refractivity contribution >= 4 is 0 Å². The Labute approximate surface area is 88.6 Å². The molecular weight excluding hydrogens is 176 g/mol. The Morgan fingerprint density at radius 3 is 2.36 bits per heavy atom. The lowest BCUT2D eigenvalue weighted by Gasteiger charge is -2.27. The van der Waals surface area contributed by atoms with Gasteiger partial charge in [0.15, 0.2) is 0 Å². The van der Waals surface area contributed by atoms with Gasteiger partial charge in [0.1, 0.15) is 0 Å². The Bertz CT molecular complexity index is 128. The van der Waals surface area contributed by atoms with Crippen molar-refractivity contribution in [2.24, 2.45) is 5.73 Å². The molecule has 86 valence electrons. The smallest absolute Gasteiger partial charge is 0.0614 e. The Morgan fingerprint density at radius 2 is 1.93 bits per heavy atom. The largest absolute Gasteiger partial charge is 0.383 e. The van der Waals surface area contributed by atoms with E-state index in [-0.39, 0.29) is 6.04 Å². The van der Waals surface area contributed by atoms with E-state index in [1.165, 1.54) is 6.42 Å².